The highest BCUT2D eigenvalue weighted by molar-refractivity contribution is 7.14. The third-order valence-corrected chi connectivity index (χ3v) is 3.91. The van der Waals surface area contributed by atoms with Crippen LogP contribution in [0.25, 0.3) is 0 Å². The summed E-state index contributed by atoms with van der Waals surface area (Å²) in [7, 11) is 1.64. The summed E-state index contributed by atoms with van der Waals surface area (Å²) < 4.78 is 0. The molecule has 0 aliphatic carbocycles. The van der Waals surface area contributed by atoms with Crippen molar-refractivity contribution in [3.8, 4) is 0 Å². The molecule has 3 amide bonds. The second-order valence-electron chi connectivity index (χ2n) is 4.49. The van der Waals surface area contributed by atoms with Crippen LogP contribution in [0.2, 0.25) is 0 Å². The Morgan fingerprint density at radius 1 is 1.53 bits per heavy atom. The van der Waals surface area contributed by atoms with Gasteiger partial charge in [-0.1, -0.05) is 13.8 Å². The van der Waals surface area contributed by atoms with Gasteiger partial charge in [0, 0.05) is 12.4 Å². The second-order valence-corrected chi connectivity index (χ2v) is 5.33. The minimum absolute atomic E-state index is 0.246. The van der Waals surface area contributed by atoms with Gasteiger partial charge in [-0.05, 0) is 19.3 Å². The molecular weight excluding hydrogens is 264 g/mol. The quantitative estimate of drug-likeness (QED) is 0.862. The number of hydrogen-bond donors (Lipinski definition) is 2. The molecule has 1 rings (SSSR count). The summed E-state index contributed by atoms with van der Waals surface area (Å²) in [4.78, 5) is 28.7. The van der Waals surface area contributed by atoms with Gasteiger partial charge in [0.25, 0.3) is 5.91 Å². The zero-order valence-corrected chi connectivity index (χ0v) is 12.5. The lowest BCUT2D eigenvalue weighted by atomic mass is 10.1. The molecule has 0 aromatic carbocycles. The topological polar surface area (TPSA) is 88.3 Å². The number of hydrogen-bond acceptors (Lipinski definition) is 4. The lowest BCUT2D eigenvalue weighted by Crippen LogP contribution is -2.47. The molecule has 0 radical (unpaired) electrons. The fourth-order valence-corrected chi connectivity index (χ4v) is 2.44. The molecule has 0 spiro atoms. The van der Waals surface area contributed by atoms with Crippen LogP contribution in [0, 0.1) is 0 Å². The number of nitrogens with zero attached hydrogens (tertiary/aromatic N) is 2. The Kier molecular flexibility index (Phi) is 5.29. The summed E-state index contributed by atoms with van der Waals surface area (Å²) in [5.74, 6) is 0.124. The van der Waals surface area contributed by atoms with Crippen LogP contribution in [0.3, 0.4) is 0 Å². The number of likely N-dealkylation sites (N-methyl/N-ethyl adjacent to an activating group) is 1. The van der Waals surface area contributed by atoms with Gasteiger partial charge in [-0.2, -0.15) is 0 Å². The van der Waals surface area contributed by atoms with Crippen LogP contribution < -0.4 is 16.0 Å². The van der Waals surface area contributed by atoms with Crippen LogP contribution >= 0.6 is 11.3 Å². The maximum Gasteiger partial charge on any atom is 0.312 e. The molecule has 0 saturated heterocycles. The second kappa shape index (κ2) is 6.51. The van der Waals surface area contributed by atoms with E-state index >= 15 is 0 Å². The van der Waals surface area contributed by atoms with Crippen molar-refractivity contribution in [2.45, 2.75) is 39.2 Å². The van der Waals surface area contributed by atoms with E-state index in [4.69, 9.17) is 5.73 Å². The molecule has 0 unspecified atom stereocenters. The van der Waals surface area contributed by atoms with Crippen molar-refractivity contribution in [1.29, 1.82) is 0 Å². The van der Waals surface area contributed by atoms with Gasteiger partial charge in [0.15, 0.2) is 5.13 Å². The zero-order valence-electron chi connectivity index (χ0n) is 11.6. The van der Waals surface area contributed by atoms with E-state index in [9.17, 15) is 9.59 Å². The molecule has 0 aliphatic heterocycles. The molecule has 3 N–H and O–H groups in total. The van der Waals surface area contributed by atoms with Crippen molar-refractivity contribution in [1.82, 2.24) is 10.3 Å². The predicted octanol–water partition coefficient (Wildman–Crippen LogP) is 1.68. The standard InChI is InChI=1S/C12H20N4O2S/c1-5-7(2)9-6-19-12(15-9)16(4)10(17)8(3)14-11(13)18/h6-8H,5H2,1-4H3,(H3,13,14,18)/t7-,8-/m1/s1. The number of rotatable bonds is 5. The Hall–Kier alpha value is -1.63. The number of amides is 3. The zero-order chi connectivity index (χ0) is 14.6. The van der Waals surface area contributed by atoms with Crippen molar-refractivity contribution < 1.29 is 9.59 Å². The summed E-state index contributed by atoms with van der Waals surface area (Å²) in [6.07, 6.45) is 1.00. The lowest BCUT2D eigenvalue weighted by Gasteiger charge is -2.19. The summed E-state index contributed by atoms with van der Waals surface area (Å²) >= 11 is 1.42. The molecule has 0 aliphatic rings. The van der Waals surface area contributed by atoms with Gasteiger partial charge in [-0.25, -0.2) is 9.78 Å². The van der Waals surface area contributed by atoms with Crippen molar-refractivity contribution in [3.63, 3.8) is 0 Å². The summed E-state index contributed by atoms with van der Waals surface area (Å²) in [5.41, 5.74) is 5.98. The highest BCUT2D eigenvalue weighted by atomic mass is 32.1. The lowest BCUT2D eigenvalue weighted by molar-refractivity contribution is -0.119. The number of urea groups is 1. The molecule has 1 aromatic heterocycles. The molecule has 1 aromatic rings. The predicted molar refractivity (Wildman–Crippen MR) is 76.4 cm³/mol. The third-order valence-electron chi connectivity index (χ3n) is 2.97. The highest BCUT2D eigenvalue weighted by Gasteiger charge is 2.22. The van der Waals surface area contributed by atoms with E-state index in [2.05, 4.69) is 24.1 Å². The van der Waals surface area contributed by atoms with Gasteiger partial charge in [0.2, 0.25) is 0 Å². The van der Waals surface area contributed by atoms with E-state index in [0.717, 1.165) is 12.1 Å². The van der Waals surface area contributed by atoms with Crippen LogP contribution in [0.1, 0.15) is 38.8 Å². The number of carbonyl (C=O) groups is 2. The Bertz CT molecular complexity index is 460. The first-order chi connectivity index (χ1) is 8.86. The van der Waals surface area contributed by atoms with E-state index in [1.165, 1.54) is 16.2 Å². The maximum absolute atomic E-state index is 12.0. The largest absolute Gasteiger partial charge is 0.352 e. The first-order valence-corrected chi connectivity index (χ1v) is 7.03. The smallest absolute Gasteiger partial charge is 0.312 e. The summed E-state index contributed by atoms with van der Waals surface area (Å²) in [6.45, 7) is 5.78. The van der Waals surface area contributed by atoms with Gasteiger partial charge in [0.05, 0.1) is 5.69 Å². The Morgan fingerprint density at radius 2 is 2.16 bits per heavy atom. The summed E-state index contributed by atoms with van der Waals surface area (Å²) in [6, 6.07) is -1.38. The van der Waals surface area contributed by atoms with Crippen molar-refractivity contribution in [2.75, 3.05) is 11.9 Å². The van der Waals surface area contributed by atoms with Crippen molar-refractivity contribution >= 4 is 28.4 Å². The first-order valence-electron chi connectivity index (χ1n) is 6.15. The number of carbonyl (C=O) groups excluding carboxylic acids is 2. The number of anilines is 1. The maximum atomic E-state index is 12.0. The molecule has 0 fully saturated rings. The van der Waals surface area contributed by atoms with Gasteiger partial charge in [0.1, 0.15) is 6.04 Å². The van der Waals surface area contributed by atoms with Gasteiger partial charge >= 0.3 is 6.03 Å². The number of aromatic nitrogens is 1. The summed E-state index contributed by atoms with van der Waals surface area (Å²) in [5, 5.41) is 4.94. The molecule has 106 valence electrons. The molecular formula is C12H20N4O2S. The Labute approximate surface area is 117 Å². The molecule has 0 saturated carbocycles. The molecule has 0 bridgehead atoms. The van der Waals surface area contributed by atoms with Crippen molar-refractivity contribution in [3.05, 3.63) is 11.1 Å². The normalized spacial score (nSPS) is 13.7. The number of nitrogens with two attached hydrogens (primary N) is 1. The van der Waals surface area contributed by atoms with Crippen LogP contribution in [-0.4, -0.2) is 30.0 Å². The molecule has 6 nitrogen and oxygen atoms in total. The minimum atomic E-state index is -0.714. The van der Waals surface area contributed by atoms with Gasteiger partial charge in [-0.3, -0.25) is 9.69 Å². The van der Waals surface area contributed by atoms with Crippen LogP contribution in [0.5, 0.6) is 0 Å². The average molecular weight is 284 g/mol. The van der Waals surface area contributed by atoms with Crippen LogP contribution in [-0.2, 0) is 4.79 Å². The van der Waals surface area contributed by atoms with E-state index in [1.807, 2.05) is 5.38 Å². The fraction of sp³-hybridized carbons (Fsp3) is 0.583. The third kappa shape index (κ3) is 3.92. The number of thiazole rings is 1. The average Bonchev–Trinajstić information content (AvgIpc) is 2.84. The minimum Gasteiger partial charge on any atom is -0.352 e. The van der Waals surface area contributed by atoms with Crippen molar-refractivity contribution in [2.24, 2.45) is 5.73 Å². The van der Waals surface area contributed by atoms with E-state index < -0.39 is 12.1 Å². The van der Waals surface area contributed by atoms with E-state index in [-0.39, 0.29) is 5.91 Å². The molecule has 2 atom stereocenters. The molecule has 1 heterocycles. The Balaban J connectivity index is 2.76. The van der Waals surface area contributed by atoms with Crippen LogP contribution in [0.15, 0.2) is 5.38 Å². The SMILES string of the molecule is CC[C@@H](C)c1csc(N(C)C(=O)[C@@H](C)NC(N)=O)n1. The van der Waals surface area contributed by atoms with Crippen LogP contribution in [0.4, 0.5) is 9.93 Å². The monoisotopic (exact) mass is 284 g/mol. The van der Waals surface area contributed by atoms with Gasteiger partial charge < -0.3 is 11.1 Å². The highest BCUT2D eigenvalue weighted by Crippen LogP contribution is 2.26. The Morgan fingerprint density at radius 3 is 2.68 bits per heavy atom. The number of nitrogens with one attached hydrogen (secondary N) is 1. The number of primary amides is 1. The first kappa shape index (κ1) is 15.4. The van der Waals surface area contributed by atoms with E-state index in [1.54, 1.807) is 14.0 Å². The molecule has 7 heteroatoms. The fourth-order valence-electron chi connectivity index (χ4n) is 1.53. The molecule has 19 heavy (non-hydrogen) atoms. The van der Waals surface area contributed by atoms with Gasteiger partial charge in [-0.15, -0.1) is 11.3 Å². The van der Waals surface area contributed by atoms with E-state index in [0.29, 0.717) is 11.0 Å².